The average molecular weight is 279 g/mol. The number of hydrogen-bond donors (Lipinski definition) is 2. The minimum atomic E-state index is -4.17. The Morgan fingerprint density at radius 3 is 2.35 bits per heavy atom. The van der Waals surface area contributed by atoms with Crippen LogP contribution in [0.25, 0.3) is 10.8 Å². The third kappa shape index (κ3) is 2.94. The summed E-state index contributed by atoms with van der Waals surface area (Å²) < 4.78 is 31.6. The van der Waals surface area contributed by atoms with Crippen LogP contribution in [0.3, 0.4) is 0 Å². The van der Waals surface area contributed by atoms with Crippen molar-refractivity contribution in [3.05, 3.63) is 30.3 Å². The van der Waals surface area contributed by atoms with Crippen LogP contribution in [-0.4, -0.2) is 57.4 Å². The third-order valence-corrected chi connectivity index (χ3v) is 4.43. The van der Waals surface area contributed by atoms with E-state index in [1.54, 1.807) is 12.1 Å². The molecule has 0 radical (unpaired) electrons. The van der Waals surface area contributed by atoms with Crippen LogP contribution in [0.5, 0.6) is 5.75 Å². The molecule has 0 bridgehead atoms. The SMILES string of the molecule is O=S(=O)(O)c1ccc2[c]([AlH2])c(O)ccc2c1.[MgH2]. The van der Waals surface area contributed by atoms with Crippen LogP contribution in [0.15, 0.2) is 35.2 Å². The Labute approximate surface area is 123 Å². The van der Waals surface area contributed by atoms with Crippen molar-refractivity contribution < 1.29 is 18.1 Å². The summed E-state index contributed by atoms with van der Waals surface area (Å²) in [7, 11) is -4.17. The molecule has 4 nitrogen and oxygen atoms in total. The first-order valence-electron chi connectivity index (χ1n) is 4.59. The summed E-state index contributed by atoms with van der Waals surface area (Å²) in [5, 5.41) is 11.0. The number of fused-ring (bicyclic) bond motifs is 1. The molecule has 7 heteroatoms. The second kappa shape index (κ2) is 5.14. The molecule has 86 valence electrons. The lowest BCUT2D eigenvalue weighted by Gasteiger charge is -2.06. The zero-order chi connectivity index (χ0) is 11.9. The molecule has 0 spiro atoms. The topological polar surface area (TPSA) is 74.6 Å². The van der Waals surface area contributed by atoms with Gasteiger partial charge in [0.25, 0.3) is 26.4 Å². The van der Waals surface area contributed by atoms with Crippen molar-refractivity contribution in [3.63, 3.8) is 0 Å². The van der Waals surface area contributed by atoms with Gasteiger partial charge >= 0.3 is 23.1 Å². The van der Waals surface area contributed by atoms with Crippen molar-refractivity contribution in [2.75, 3.05) is 0 Å². The zero-order valence-electron chi connectivity index (χ0n) is 8.51. The smallest absolute Gasteiger partial charge is 0.316 e. The second-order valence-electron chi connectivity index (χ2n) is 3.57. The summed E-state index contributed by atoms with van der Waals surface area (Å²) in [6, 6.07) is 7.48. The van der Waals surface area contributed by atoms with Crippen molar-refractivity contribution in [2.45, 2.75) is 4.90 Å². The van der Waals surface area contributed by atoms with Gasteiger partial charge in [0.15, 0.2) is 0 Å². The normalized spacial score (nSPS) is 11.1. The van der Waals surface area contributed by atoms with Crippen LogP contribution in [-0.2, 0) is 10.1 Å². The molecular formula is C10H11AlMgO4S. The lowest BCUT2D eigenvalue weighted by Crippen LogP contribution is -2.05. The highest BCUT2D eigenvalue weighted by molar-refractivity contribution is 7.85. The number of phenols is 1. The molecule has 0 aliphatic heterocycles. The molecule has 2 rings (SSSR count). The van der Waals surface area contributed by atoms with E-state index in [1.807, 2.05) is 0 Å². The highest BCUT2D eigenvalue weighted by Gasteiger charge is 2.10. The van der Waals surface area contributed by atoms with Gasteiger partial charge in [-0.3, -0.25) is 4.55 Å². The van der Waals surface area contributed by atoms with Crippen LogP contribution < -0.4 is 4.43 Å². The van der Waals surface area contributed by atoms with Crippen LogP contribution >= 0.6 is 0 Å². The van der Waals surface area contributed by atoms with Crippen LogP contribution in [0.1, 0.15) is 0 Å². The fourth-order valence-electron chi connectivity index (χ4n) is 1.61. The van der Waals surface area contributed by atoms with E-state index < -0.39 is 10.1 Å². The van der Waals surface area contributed by atoms with Gasteiger partial charge in [-0.2, -0.15) is 8.42 Å². The van der Waals surface area contributed by atoms with Crippen molar-refractivity contribution in [1.82, 2.24) is 0 Å². The fourth-order valence-corrected chi connectivity index (χ4v) is 2.75. The molecule has 0 atom stereocenters. The first kappa shape index (κ1) is 14.8. The third-order valence-electron chi connectivity index (χ3n) is 2.53. The molecule has 0 amide bonds. The average Bonchev–Trinajstić information content (AvgIpc) is 2.22. The predicted octanol–water partition coefficient (Wildman–Crippen LogP) is -0.866. The molecule has 2 N–H and O–H groups in total. The molecule has 0 fully saturated rings. The molecule has 2 aromatic carbocycles. The Kier molecular flexibility index (Phi) is 4.47. The Morgan fingerprint density at radius 2 is 1.76 bits per heavy atom. The van der Waals surface area contributed by atoms with Gasteiger partial charge in [-0.15, -0.1) is 0 Å². The van der Waals surface area contributed by atoms with Crippen molar-refractivity contribution in [2.24, 2.45) is 0 Å². The van der Waals surface area contributed by atoms with E-state index in [2.05, 4.69) is 0 Å². The molecule has 0 saturated heterocycles. The van der Waals surface area contributed by atoms with Crippen molar-refractivity contribution in [1.29, 1.82) is 0 Å². The van der Waals surface area contributed by atoms with Crippen molar-refractivity contribution in [3.8, 4) is 5.75 Å². The number of aromatic hydroxyl groups is 1. The van der Waals surface area contributed by atoms with Gasteiger partial charge in [0.1, 0.15) is 5.75 Å². The van der Waals surface area contributed by atoms with E-state index in [0.29, 0.717) is 21.7 Å². The molecular weight excluding hydrogens is 267 g/mol. The van der Waals surface area contributed by atoms with E-state index in [9.17, 15) is 13.5 Å². The Balaban J connectivity index is 0.00000144. The summed E-state index contributed by atoms with van der Waals surface area (Å²) in [6.07, 6.45) is 0. The van der Waals surface area contributed by atoms with Gasteiger partial charge in [0.05, 0.1) is 4.90 Å². The van der Waals surface area contributed by atoms with Crippen LogP contribution in [0.2, 0.25) is 0 Å². The highest BCUT2D eigenvalue weighted by atomic mass is 32.2. The van der Waals surface area contributed by atoms with Gasteiger partial charge in [-0.05, 0) is 29.0 Å². The minimum absolute atomic E-state index is 0. The van der Waals surface area contributed by atoms with Gasteiger partial charge in [0.2, 0.25) is 0 Å². The maximum atomic E-state index is 10.9. The largest absolute Gasteiger partial charge is 0.509 e. The maximum absolute atomic E-state index is 10.9. The van der Waals surface area contributed by atoms with Gasteiger partial charge < -0.3 is 5.11 Å². The molecule has 0 heterocycles. The molecule has 0 aromatic heterocycles. The van der Waals surface area contributed by atoms with Gasteiger partial charge in [0, 0.05) is 0 Å². The van der Waals surface area contributed by atoms with Gasteiger partial charge in [-0.1, -0.05) is 16.6 Å². The minimum Gasteiger partial charge on any atom is -0.509 e. The van der Waals surface area contributed by atoms with Gasteiger partial charge in [-0.25, -0.2) is 0 Å². The molecule has 17 heavy (non-hydrogen) atoms. The van der Waals surface area contributed by atoms with E-state index >= 15 is 0 Å². The Hall–Kier alpha value is -0.291. The maximum Gasteiger partial charge on any atom is 0.316 e. The molecule has 0 unspecified atom stereocenters. The lowest BCUT2D eigenvalue weighted by atomic mass is 10.1. The zero-order valence-corrected chi connectivity index (χ0v) is 11.3. The first-order chi connectivity index (χ1) is 7.39. The quantitative estimate of drug-likeness (QED) is 0.525. The number of phenolic OH excluding ortho intramolecular Hbond substituents is 1. The second-order valence-corrected chi connectivity index (χ2v) is 5.99. The Bertz CT molecular complexity index is 669. The summed E-state index contributed by atoms with van der Waals surface area (Å²) in [5.41, 5.74) is 0. The van der Waals surface area contributed by atoms with E-state index in [-0.39, 0.29) is 33.7 Å². The van der Waals surface area contributed by atoms with E-state index in [1.165, 1.54) is 18.2 Å². The molecule has 0 aliphatic carbocycles. The summed E-state index contributed by atoms with van der Waals surface area (Å²) in [6.45, 7) is 0. The Morgan fingerprint density at radius 1 is 1.12 bits per heavy atom. The summed E-state index contributed by atoms with van der Waals surface area (Å²) >= 11 is 0.665. The molecule has 0 aliphatic rings. The predicted molar refractivity (Wildman–Crippen MR) is 72.1 cm³/mol. The van der Waals surface area contributed by atoms with Crippen LogP contribution in [0.4, 0.5) is 0 Å². The summed E-state index contributed by atoms with van der Waals surface area (Å²) in [4.78, 5) is -0.133. The van der Waals surface area contributed by atoms with Crippen LogP contribution in [0, 0.1) is 0 Å². The monoisotopic (exact) mass is 278 g/mol. The summed E-state index contributed by atoms with van der Waals surface area (Å²) in [5.74, 6) is 0.221. The number of rotatable bonds is 1. The highest BCUT2D eigenvalue weighted by Crippen LogP contribution is 2.20. The molecule has 2 aromatic rings. The number of hydrogen-bond acceptors (Lipinski definition) is 3. The van der Waals surface area contributed by atoms with E-state index in [4.69, 9.17) is 4.55 Å². The van der Waals surface area contributed by atoms with E-state index in [0.717, 1.165) is 9.81 Å². The fraction of sp³-hybridized carbons (Fsp3) is 0. The molecule has 0 saturated carbocycles. The number of benzene rings is 2. The standard InChI is InChI=1S/C10H7O4S.Al.Mg.4H/c11-9-3-1-8-6-10(15(12,13)14)4-2-7(8)5-9;;;;;;/h1-4,6,11H,(H,12,13,14);;;;;;. The lowest BCUT2D eigenvalue weighted by molar-refractivity contribution is 0.480. The van der Waals surface area contributed by atoms with Crippen molar-refractivity contribution >= 4 is 64.7 Å². The first-order valence-corrected chi connectivity index (χ1v) is 7.03.